The zero-order chi connectivity index (χ0) is 29.9. The Hall–Kier alpha value is -4.44. The number of carbonyl (C=O) groups excluding carboxylic acids is 2. The van der Waals surface area contributed by atoms with Crippen molar-refractivity contribution in [3.05, 3.63) is 70.2 Å². The van der Waals surface area contributed by atoms with Crippen LogP contribution in [-0.4, -0.2) is 42.5 Å². The summed E-state index contributed by atoms with van der Waals surface area (Å²) in [6, 6.07) is 12.8. The summed E-state index contributed by atoms with van der Waals surface area (Å²) in [4.78, 5) is 43.4. The van der Waals surface area contributed by atoms with Gasteiger partial charge in [0.1, 0.15) is 11.2 Å². The average molecular weight is 596 g/mol. The fourth-order valence-corrected chi connectivity index (χ4v) is 7.52. The summed E-state index contributed by atoms with van der Waals surface area (Å²) in [5.74, 6) is -1.08. The second-order valence-corrected chi connectivity index (χ2v) is 12.6. The number of benzene rings is 2. The molecule has 220 valence electrons. The summed E-state index contributed by atoms with van der Waals surface area (Å²) < 4.78 is 3.77. The highest BCUT2D eigenvalue weighted by molar-refractivity contribution is 7.07. The Balaban J connectivity index is 1.16. The van der Waals surface area contributed by atoms with Gasteiger partial charge in [-0.3, -0.25) is 9.59 Å². The van der Waals surface area contributed by atoms with Crippen molar-refractivity contribution in [2.75, 3.05) is 5.32 Å². The number of hydrogen-bond acceptors (Lipinski definition) is 5. The first-order valence-corrected chi connectivity index (χ1v) is 15.7. The van der Waals surface area contributed by atoms with Gasteiger partial charge in [-0.15, -0.1) is 11.3 Å². The van der Waals surface area contributed by atoms with E-state index in [9.17, 15) is 19.5 Å². The van der Waals surface area contributed by atoms with E-state index < -0.39 is 11.5 Å². The van der Waals surface area contributed by atoms with Gasteiger partial charge in [0.05, 0.1) is 16.9 Å². The topological polar surface area (TPSA) is 118 Å². The first-order valence-electron chi connectivity index (χ1n) is 14.7. The van der Waals surface area contributed by atoms with Crippen LogP contribution < -0.4 is 10.6 Å². The lowest BCUT2D eigenvalue weighted by atomic mass is 9.75. The Labute approximate surface area is 252 Å². The number of fused-ring (bicyclic) bond motifs is 2. The molecular formula is C33H33N5O4S. The fraction of sp³-hybridized carbons (Fsp3) is 0.333. The molecule has 2 aliphatic rings. The molecule has 2 fully saturated rings. The van der Waals surface area contributed by atoms with Gasteiger partial charge in [0.15, 0.2) is 0 Å². The summed E-state index contributed by atoms with van der Waals surface area (Å²) in [5, 5.41) is 19.4. The number of hydrogen-bond donors (Lipinski definition) is 3. The maximum absolute atomic E-state index is 13.7. The minimum Gasteiger partial charge on any atom is -0.477 e. The van der Waals surface area contributed by atoms with Gasteiger partial charge < -0.3 is 24.9 Å². The van der Waals surface area contributed by atoms with E-state index in [0.29, 0.717) is 35.4 Å². The van der Waals surface area contributed by atoms with Crippen molar-refractivity contribution in [2.24, 2.45) is 14.1 Å². The molecule has 0 aliphatic heterocycles. The van der Waals surface area contributed by atoms with E-state index in [2.05, 4.69) is 31.6 Å². The van der Waals surface area contributed by atoms with Crippen LogP contribution in [0.15, 0.2) is 53.4 Å². The highest BCUT2D eigenvalue weighted by Gasteiger charge is 2.45. The number of carboxylic acids is 1. The summed E-state index contributed by atoms with van der Waals surface area (Å²) in [6.07, 6.45) is 6.71. The maximum atomic E-state index is 13.7. The van der Waals surface area contributed by atoms with Gasteiger partial charge in [0.2, 0.25) is 5.91 Å². The number of carboxylic acid groups (broad SMARTS) is 1. The van der Waals surface area contributed by atoms with Crippen LogP contribution in [0.25, 0.3) is 33.2 Å². The van der Waals surface area contributed by atoms with Crippen molar-refractivity contribution >= 4 is 56.6 Å². The predicted molar refractivity (Wildman–Crippen MR) is 168 cm³/mol. The van der Waals surface area contributed by atoms with Crippen LogP contribution in [0.4, 0.5) is 5.69 Å². The van der Waals surface area contributed by atoms with Crippen molar-refractivity contribution in [2.45, 2.75) is 56.4 Å². The monoisotopic (exact) mass is 595 g/mol. The normalized spacial score (nSPS) is 16.4. The quantitative estimate of drug-likeness (QED) is 0.200. The van der Waals surface area contributed by atoms with Crippen LogP contribution in [0, 0.1) is 0 Å². The molecule has 2 aromatic carbocycles. The average Bonchev–Trinajstić information content (AvgIpc) is 3.77. The van der Waals surface area contributed by atoms with Crippen molar-refractivity contribution < 1.29 is 19.5 Å². The van der Waals surface area contributed by atoms with Gasteiger partial charge in [0, 0.05) is 52.5 Å². The summed E-state index contributed by atoms with van der Waals surface area (Å²) in [7, 11) is 3.74. The minimum atomic E-state index is -1.01. The lowest BCUT2D eigenvalue weighted by molar-refractivity contribution is -0.125. The molecule has 3 N–H and O–H groups in total. The number of nitrogens with zero attached hydrogens (tertiary/aromatic N) is 3. The van der Waals surface area contributed by atoms with Crippen molar-refractivity contribution in [1.82, 2.24) is 19.4 Å². The molecule has 10 heteroatoms. The van der Waals surface area contributed by atoms with Gasteiger partial charge in [-0.1, -0.05) is 18.9 Å². The molecule has 0 radical (unpaired) electrons. The van der Waals surface area contributed by atoms with Crippen molar-refractivity contribution in [3.63, 3.8) is 0 Å². The fourth-order valence-electron chi connectivity index (χ4n) is 6.99. The molecule has 0 saturated heterocycles. The van der Waals surface area contributed by atoms with E-state index in [4.69, 9.17) is 0 Å². The predicted octanol–water partition coefficient (Wildman–Crippen LogP) is 6.44. The molecule has 7 rings (SSSR count). The third-order valence-corrected chi connectivity index (χ3v) is 10.0. The zero-order valence-electron chi connectivity index (χ0n) is 24.1. The van der Waals surface area contributed by atoms with Gasteiger partial charge in [-0.25, -0.2) is 9.78 Å². The molecule has 0 bridgehead atoms. The third-order valence-electron chi connectivity index (χ3n) is 9.45. The van der Waals surface area contributed by atoms with E-state index >= 15 is 0 Å². The Morgan fingerprint density at radius 3 is 2.44 bits per heavy atom. The molecule has 5 aromatic rings. The number of nitrogens with one attached hydrogen (secondary N) is 2. The number of aryl methyl sites for hydroxylation is 2. The number of thiazole rings is 1. The second-order valence-electron chi connectivity index (χ2n) is 11.9. The van der Waals surface area contributed by atoms with E-state index in [0.717, 1.165) is 47.1 Å². The zero-order valence-corrected chi connectivity index (χ0v) is 25.0. The number of aromatic nitrogens is 3. The van der Waals surface area contributed by atoms with E-state index in [1.807, 2.05) is 24.7 Å². The number of amides is 2. The van der Waals surface area contributed by atoms with Crippen LogP contribution in [0.3, 0.4) is 0 Å². The SMILES string of the molecule is Cn1c(C(=O)O)cc2cc(NC(=O)C3(NC(=O)c4ccc5c(C6CCCC6)c(-c6cscn6)n(C)c5c4)CCC3)ccc21. The molecule has 2 aliphatic carbocycles. The van der Waals surface area contributed by atoms with Gasteiger partial charge >= 0.3 is 5.97 Å². The minimum absolute atomic E-state index is 0.172. The summed E-state index contributed by atoms with van der Waals surface area (Å²) in [6.45, 7) is 0. The van der Waals surface area contributed by atoms with Gasteiger partial charge in [-0.2, -0.15) is 0 Å². The third kappa shape index (κ3) is 4.52. The molecular weight excluding hydrogens is 562 g/mol. The van der Waals surface area contributed by atoms with Crippen LogP contribution in [-0.2, 0) is 18.9 Å². The van der Waals surface area contributed by atoms with Crippen LogP contribution in [0.2, 0.25) is 0 Å². The molecule has 43 heavy (non-hydrogen) atoms. The lowest BCUT2D eigenvalue weighted by Gasteiger charge is -2.40. The second kappa shape index (κ2) is 10.4. The Morgan fingerprint density at radius 1 is 0.977 bits per heavy atom. The largest absolute Gasteiger partial charge is 0.477 e. The van der Waals surface area contributed by atoms with Crippen LogP contribution in [0.1, 0.15) is 77.3 Å². The molecule has 0 spiro atoms. The lowest BCUT2D eigenvalue weighted by Crippen LogP contribution is -2.61. The van der Waals surface area contributed by atoms with Gasteiger partial charge in [-0.05, 0) is 80.0 Å². The highest BCUT2D eigenvalue weighted by Crippen LogP contribution is 2.44. The molecule has 9 nitrogen and oxygen atoms in total. The Morgan fingerprint density at radius 2 is 1.77 bits per heavy atom. The van der Waals surface area contributed by atoms with E-state index in [1.165, 1.54) is 18.4 Å². The smallest absolute Gasteiger partial charge is 0.352 e. The Bertz CT molecular complexity index is 1910. The highest BCUT2D eigenvalue weighted by atomic mass is 32.1. The number of aromatic carboxylic acids is 1. The van der Waals surface area contributed by atoms with Crippen LogP contribution >= 0.6 is 11.3 Å². The first kappa shape index (κ1) is 27.4. The van der Waals surface area contributed by atoms with Crippen molar-refractivity contribution in [3.8, 4) is 11.4 Å². The van der Waals surface area contributed by atoms with Gasteiger partial charge in [0.25, 0.3) is 5.91 Å². The van der Waals surface area contributed by atoms with Crippen molar-refractivity contribution in [1.29, 1.82) is 0 Å². The molecule has 3 aromatic heterocycles. The first-order chi connectivity index (χ1) is 20.8. The molecule has 2 amide bonds. The Kier molecular flexibility index (Phi) is 6.61. The van der Waals surface area contributed by atoms with E-state index in [-0.39, 0.29) is 17.5 Å². The maximum Gasteiger partial charge on any atom is 0.352 e. The number of carbonyl (C=O) groups is 3. The van der Waals surface area contributed by atoms with E-state index in [1.54, 1.807) is 47.2 Å². The molecule has 0 unspecified atom stereocenters. The summed E-state index contributed by atoms with van der Waals surface area (Å²) >= 11 is 1.58. The molecule has 3 heterocycles. The summed E-state index contributed by atoms with van der Waals surface area (Å²) in [5.41, 5.74) is 7.27. The molecule has 0 atom stereocenters. The number of rotatable bonds is 7. The molecule has 2 saturated carbocycles. The standard InChI is InChI=1S/C33H33N5O4S/c1-37-25-11-9-22(14-21(25)16-27(37)31(40)41)35-32(42)33(12-5-13-33)36-30(39)20-8-10-23-26(15-20)38(2)29(24-17-43-18-34-24)28(23)19-6-3-4-7-19/h8-11,14-19H,3-7,12-13H2,1-2H3,(H,35,42)(H,36,39)(H,40,41). The van der Waals surface area contributed by atoms with Crippen LogP contribution in [0.5, 0.6) is 0 Å². The number of anilines is 1.